The molecule has 14 heavy (non-hydrogen) atoms. The molecule has 1 aliphatic heterocycles. The molecule has 4 unspecified atom stereocenters. The molecule has 1 nitrogen and oxygen atoms in total. The van der Waals surface area contributed by atoms with Crippen molar-refractivity contribution in [3.63, 3.8) is 0 Å². The summed E-state index contributed by atoms with van der Waals surface area (Å²) in [5.74, 6) is 3.29. The lowest BCUT2D eigenvalue weighted by atomic mass is 9.97. The van der Waals surface area contributed by atoms with Crippen LogP contribution in [0.25, 0.3) is 0 Å². The molecule has 1 heterocycles. The maximum absolute atomic E-state index is 3.78. The SMILES string of the molecule is CC1CCCC1CNC1CCSC1C. The zero-order chi connectivity index (χ0) is 9.97. The Labute approximate surface area is 92.4 Å². The first kappa shape index (κ1) is 10.8. The van der Waals surface area contributed by atoms with Crippen molar-refractivity contribution in [2.45, 2.75) is 50.8 Å². The molecule has 0 spiro atoms. The van der Waals surface area contributed by atoms with Crippen molar-refractivity contribution in [2.75, 3.05) is 12.3 Å². The van der Waals surface area contributed by atoms with Gasteiger partial charge in [-0.15, -0.1) is 0 Å². The first-order chi connectivity index (χ1) is 6.77. The Balaban J connectivity index is 1.71. The highest BCUT2D eigenvalue weighted by atomic mass is 32.2. The van der Waals surface area contributed by atoms with Gasteiger partial charge in [-0.1, -0.05) is 26.7 Å². The monoisotopic (exact) mass is 213 g/mol. The summed E-state index contributed by atoms with van der Waals surface area (Å²) < 4.78 is 0. The van der Waals surface area contributed by atoms with Crippen LogP contribution in [0.2, 0.25) is 0 Å². The number of rotatable bonds is 3. The van der Waals surface area contributed by atoms with Crippen molar-refractivity contribution in [2.24, 2.45) is 11.8 Å². The van der Waals surface area contributed by atoms with Gasteiger partial charge in [0.15, 0.2) is 0 Å². The van der Waals surface area contributed by atoms with Crippen LogP contribution in [0.1, 0.15) is 39.5 Å². The second-order valence-corrected chi connectivity index (χ2v) is 6.53. The molecule has 1 N–H and O–H groups in total. The Kier molecular flexibility index (Phi) is 3.78. The summed E-state index contributed by atoms with van der Waals surface area (Å²) in [5.41, 5.74) is 0. The second-order valence-electron chi connectivity index (χ2n) is 5.05. The van der Waals surface area contributed by atoms with Crippen molar-refractivity contribution >= 4 is 11.8 Å². The summed E-state index contributed by atoms with van der Waals surface area (Å²) in [6.07, 6.45) is 5.76. The molecular formula is C12H23NS. The standard InChI is InChI=1S/C12H23NS/c1-9-4-3-5-11(9)8-13-12-6-7-14-10(12)2/h9-13H,3-8H2,1-2H3. The van der Waals surface area contributed by atoms with Gasteiger partial charge < -0.3 is 5.32 Å². The Morgan fingerprint density at radius 1 is 1.21 bits per heavy atom. The normalized spacial score (nSPS) is 43.3. The first-order valence-corrected chi connectivity index (χ1v) is 7.17. The Morgan fingerprint density at radius 3 is 2.64 bits per heavy atom. The topological polar surface area (TPSA) is 12.0 Å². The van der Waals surface area contributed by atoms with Gasteiger partial charge in [-0.2, -0.15) is 11.8 Å². The van der Waals surface area contributed by atoms with Gasteiger partial charge in [-0.25, -0.2) is 0 Å². The van der Waals surface area contributed by atoms with Crippen LogP contribution in [0.15, 0.2) is 0 Å². The van der Waals surface area contributed by atoms with Crippen LogP contribution < -0.4 is 5.32 Å². The fourth-order valence-corrected chi connectivity index (χ4v) is 4.05. The van der Waals surface area contributed by atoms with E-state index >= 15 is 0 Å². The Bertz CT molecular complexity index is 163. The predicted octanol–water partition coefficient (Wildman–Crippen LogP) is 2.91. The molecule has 0 aromatic carbocycles. The molecule has 0 amide bonds. The highest BCUT2D eigenvalue weighted by molar-refractivity contribution is 8.00. The smallest absolute Gasteiger partial charge is 0.0191 e. The van der Waals surface area contributed by atoms with Crippen LogP contribution >= 0.6 is 11.8 Å². The molecule has 0 bridgehead atoms. The fraction of sp³-hybridized carbons (Fsp3) is 1.00. The van der Waals surface area contributed by atoms with Crippen molar-refractivity contribution in [1.82, 2.24) is 5.32 Å². The summed E-state index contributed by atoms with van der Waals surface area (Å²) in [6, 6.07) is 0.799. The summed E-state index contributed by atoms with van der Waals surface area (Å²) in [6.45, 7) is 6.07. The minimum atomic E-state index is 0.799. The van der Waals surface area contributed by atoms with Crippen molar-refractivity contribution in [3.05, 3.63) is 0 Å². The van der Waals surface area contributed by atoms with E-state index < -0.39 is 0 Å². The van der Waals surface area contributed by atoms with Gasteiger partial charge in [0.05, 0.1) is 0 Å². The molecule has 2 fully saturated rings. The summed E-state index contributed by atoms with van der Waals surface area (Å²) in [4.78, 5) is 0. The molecule has 1 saturated heterocycles. The van der Waals surface area contributed by atoms with E-state index in [1.165, 1.54) is 38.0 Å². The van der Waals surface area contributed by atoms with E-state index in [1.54, 1.807) is 0 Å². The van der Waals surface area contributed by atoms with E-state index in [0.29, 0.717) is 0 Å². The molecule has 2 aliphatic rings. The van der Waals surface area contributed by atoms with Gasteiger partial charge in [0.1, 0.15) is 0 Å². The summed E-state index contributed by atoms with van der Waals surface area (Å²) >= 11 is 2.13. The van der Waals surface area contributed by atoms with Crippen LogP contribution in [0, 0.1) is 11.8 Å². The van der Waals surface area contributed by atoms with Crippen molar-refractivity contribution in [3.8, 4) is 0 Å². The molecule has 0 radical (unpaired) electrons. The van der Waals surface area contributed by atoms with E-state index in [-0.39, 0.29) is 0 Å². The maximum Gasteiger partial charge on any atom is 0.0191 e. The molecule has 1 aliphatic carbocycles. The zero-order valence-corrected chi connectivity index (χ0v) is 10.3. The molecule has 1 saturated carbocycles. The van der Waals surface area contributed by atoms with Crippen molar-refractivity contribution in [1.29, 1.82) is 0 Å². The second kappa shape index (κ2) is 4.89. The lowest BCUT2D eigenvalue weighted by Gasteiger charge is -2.21. The third-order valence-corrected chi connectivity index (χ3v) is 5.38. The van der Waals surface area contributed by atoms with Gasteiger partial charge in [0.2, 0.25) is 0 Å². The van der Waals surface area contributed by atoms with Crippen LogP contribution in [0.4, 0.5) is 0 Å². The first-order valence-electron chi connectivity index (χ1n) is 6.12. The molecule has 82 valence electrons. The lowest BCUT2D eigenvalue weighted by molar-refractivity contribution is 0.365. The minimum absolute atomic E-state index is 0.799. The number of nitrogens with one attached hydrogen (secondary N) is 1. The maximum atomic E-state index is 3.78. The fourth-order valence-electron chi connectivity index (χ4n) is 2.83. The van der Waals surface area contributed by atoms with Gasteiger partial charge in [-0.05, 0) is 37.0 Å². The van der Waals surface area contributed by atoms with Crippen LogP contribution in [0.3, 0.4) is 0 Å². The summed E-state index contributed by atoms with van der Waals surface area (Å²) in [7, 11) is 0. The lowest BCUT2D eigenvalue weighted by Crippen LogP contribution is -2.37. The third kappa shape index (κ3) is 2.46. The van der Waals surface area contributed by atoms with Crippen LogP contribution in [0.5, 0.6) is 0 Å². The van der Waals surface area contributed by atoms with Crippen LogP contribution in [-0.4, -0.2) is 23.6 Å². The van der Waals surface area contributed by atoms with Crippen molar-refractivity contribution < 1.29 is 0 Å². The van der Waals surface area contributed by atoms with E-state index in [4.69, 9.17) is 0 Å². The Morgan fingerprint density at radius 2 is 2.07 bits per heavy atom. The average Bonchev–Trinajstić information content (AvgIpc) is 2.72. The average molecular weight is 213 g/mol. The molecule has 0 aromatic heterocycles. The minimum Gasteiger partial charge on any atom is -0.313 e. The number of thioether (sulfide) groups is 1. The van der Waals surface area contributed by atoms with Gasteiger partial charge in [0, 0.05) is 11.3 Å². The quantitative estimate of drug-likeness (QED) is 0.773. The molecule has 4 atom stereocenters. The number of hydrogen-bond acceptors (Lipinski definition) is 2. The Hall–Kier alpha value is 0.310. The molecular weight excluding hydrogens is 190 g/mol. The van der Waals surface area contributed by atoms with Crippen LogP contribution in [-0.2, 0) is 0 Å². The highest BCUT2D eigenvalue weighted by Crippen LogP contribution is 2.31. The van der Waals surface area contributed by atoms with E-state index in [1.807, 2.05) is 0 Å². The van der Waals surface area contributed by atoms with E-state index in [0.717, 1.165) is 23.1 Å². The molecule has 2 heteroatoms. The van der Waals surface area contributed by atoms with Gasteiger partial charge in [0.25, 0.3) is 0 Å². The third-order valence-electron chi connectivity index (χ3n) is 4.06. The van der Waals surface area contributed by atoms with Gasteiger partial charge >= 0.3 is 0 Å². The molecule has 0 aromatic rings. The summed E-state index contributed by atoms with van der Waals surface area (Å²) in [5, 5.41) is 4.62. The van der Waals surface area contributed by atoms with Gasteiger partial charge in [-0.3, -0.25) is 0 Å². The largest absolute Gasteiger partial charge is 0.313 e. The van der Waals surface area contributed by atoms with E-state index in [2.05, 4.69) is 30.9 Å². The van der Waals surface area contributed by atoms with E-state index in [9.17, 15) is 0 Å². The number of hydrogen-bond donors (Lipinski definition) is 1. The molecule has 2 rings (SSSR count). The predicted molar refractivity (Wildman–Crippen MR) is 64.8 cm³/mol. The highest BCUT2D eigenvalue weighted by Gasteiger charge is 2.27. The zero-order valence-electron chi connectivity index (χ0n) is 9.46.